The van der Waals surface area contributed by atoms with Crippen molar-refractivity contribution in [2.45, 2.75) is 44.2 Å². The number of imide groups is 1. The van der Waals surface area contributed by atoms with Gasteiger partial charge in [-0.2, -0.15) is 13.5 Å². The van der Waals surface area contributed by atoms with E-state index in [2.05, 4.69) is 0 Å². The van der Waals surface area contributed by atoms with Gasteiger partial charge in [-0.15, -0.1) is 0 Å². The predicted molar refractivity (Wildman–Crippen MR) is 80.2 cm³/mol. The molecule has 1 aliphatic carbocycles. The van der Waals surface area contributed by atoms with Crippen LogP contribution in [0.5, 0.6) is 0 Å². The maximum atomic E-state index is 12.3. The molecule has 3 rings (SSSR count). The first-order valence-corrected chi connectivity index (χ1v) is 6.69. The van der Waals surface area contributed by atoms with Gasteiger partial charge in [0.25, 0.3) is 11.8 Å². The number of fused-ring (bicyclic) bond motifs is 1. The average Bonchev–Trinajstić information content (AvgIpc) is 2.64. The molecule has 1 fully saturated rings. The van der Waals surface area contributed by atoms with Gasteiger partial charge in [0, 0.05) is 6.04 Å². The van der Waals surface area contributed by atoms with E-state index in [4.69, 9.17) is 0 Å². The van der Waals surface area contributed by atoms with Crippen LogP contribution < -0.4 is 0 Å². The molecule has 1 aromatic carbocycles. The molecule has 20 heavy (non-hydrogen) atoms. The van der Waals surface area contributed by atoms with E-state index in [9.17, 15) is 14.7 Å². The van der Waals surface area contributed by atoms with Crippen LogP contribution in [-0.4, -0.2) is 33.5 Å². The number of amides is 2. The summed E-state index contributed by atoms with van der Waals surface area (Å²) in [6, 6.07) is 6.88. The van der Waals surface area contributed by atoms with Gasteiger partial charge in [-0.25, -0.2) is 0 Å². The highest BCUT2D eigenvalue weighted by Gasteiger charge is 2.42. The van der Waals surface area contributed by atoms with Crippen LogP contribution in [0.3, 0.4) is 0 Å². The minimum absolute atomic E-state index is 0. The molecule has 2 amide bonds. The molecular formula is C15H19NO3S. The fourth-order valence-corrected chi connectivity index (χ4v) is 3.02. The maximum Gasteiger partial charge on any atom is 0.261 e. The van der Waals surface area contributed by atoms with Crippen molar-refractivity contribution in [1.82, 2.24) is 4.90 Å². The lowest BCUT2D eigenvalue weighted by atomic mass is 9.83. The van der Waals surface area contributed by atoms with Crippen LogP contribution >= 0.6 is 13.5 Å². The molecule has 108 valence electrons. The minimum Gasteiger partial charge on any atom is -0.390 e. The van der Waals surface area contributed by atoms with Gasteiger partial charge in [0.1, 0.15) is 0 Å². The van der Waals surface area contributed by atoms with Gasteiger partial charge in [-0.1, -0.05) is 12.1 Å². The first kappa shape index (κ1) is 15.1. The second-order valence-corrected chi connectivity index (χ2v) is 5.75. The molecule has 4 nitrogen and oxygen atoms in total. The van der Waals surface area contributed by atoms with Crippen molar-refractivity contribution >= 4 is 25.3 Å². The molecular weight excluding hydrogens is 274 g/mol. The number of hydrogen-bond acceptors (Lipinski definition) is 3. The zero-order valence-corrected chi connectivity index (χ0v) is 12.4. The van der Waals surface area contributed by atoms with Crippen LogP contribution in [0.4, 0.5) is 0 Å². The summed E-state index contributed by atoms with van der Waals surface area (Å²) in [5.41, 5.74) is 0.351. The summed E-state index contributed by atoms with van der Waals surface area (Å²) >= 11 is 0. The minimum atomic E-state index is -0.658. The number of hydrogen-bond donors (Lipinski definition) is 1. The Morgan fingerprint density at radius 1 is 1.10 bits per heavy atom. The smallest absolute Gasteiger partial charge is 0.261 e. The lowest BCUT2D eigenvalue weighted by molar-refractivity contribution is -0.00120. The highest BCUT2D eigenvalue weighted by molar-refractivity contribution is 7.59. The molecule has 0 bridgehead atoms. The van der Waals surface area contributed by atoms with Crippen LogP contribution in [-0.2, 0) is 0 Å². The third-order valence-corrected chi connectivity index (χ3v) is 4.22. The van der Waals surface area contributed by atoms with E-state index in [-0.39, 0.29) is 31.4 Å². The van der Waals surface area contributed by atoms with Crippen molar-refractivity contribution < 1.29 is 14.7 Å². The van der Waals surface area contributed by atoms with E-state index < -0.39 is 5.60 Å². The topological polar surface area (TPSA) is 57.6 Å². The van der Waals surface area contributed by atoms with Crippen LogP contribution in [0, 0.1) is 0 Å². The van der Waals surface area contributed by atoms with Crippen LogP contribution in [0.2, 0.25) is 0 Å². The second-order valence-electron chi connectivity index (χ2n) is 5.75. The van der Waals surface area contributed by atoms with Crippen molar-refractivity contribution in [3.8, 4) is 0 Å². The number of carbonyl (C=O) groups is 2. The Balaban J connectivity index is 0.00000147. The highest BCUT2D eigenvalue weighted by atomic mass is 32.1. The zero-order chi connectivity index (χ0) is 13.6. The van der Waals surface area contributed by atoms with Gasteiger partial charge >= 0.3 is 0 Å². The maximum absolute atomic E-state index is 12.3. The van der Waals surface area contributed by atoms with Crippen LogP contribution in [0.1, 0.15) is 53.3 Å². The lowest BCUT2D eigenvalue weighted by Gasteiger charge is -2.36. The SMILES string of the molecule is CC1(O)CCC(N2C(=O)c3ccccc3C2=O)CC1.S. The van der Waals surface area contributed by atoms with Crippen LogP contribution in [0.25, 0.3) is 0 Å². The molecule has 0 aromatic heterocycles. The van der Waals surface area contributed by atoms with Crippen molar-refractivity contribution in [2.24, 2.45) is 0 Å². The van der Waals surface area contributed by atoms with Crippen molar-refractivity contribution in [3.05, 3.63) is 35.4 Å². The fourth-order valence-electron chi connectivity index (χ4n) is 3.02. The van der Waals surface area contributed by atoms with E-state index in [1.165, 1.54) is 4.90 Å². The number of benzene rings is 1. The molecule has 0 radical (unpaired) electrons. The largest absolute Gasteiger partial charge is 0.390 e. The molecule has 0 saturated heterocycles. The van der Waals surface area contributed by atoms with Gasteiger partial charge in [-0.05, 0) is 44.7 Å². The summed E-state index contributed by atoms with van der Waals surface area (Å²) in [7, 11) is 0. The van der Waals surface area contributed by atoms with Gasteiger partial charge in [0.15, 0.2) is 0 Å². The van der Waals surface area contributed by atoms with E-state index in [0.717, 1.165) is 0 Å². The van der Waals surface area contributed by atoms with E-state index in [1.54, 1.807) is 24.3 Å². The first-order chi connectivity index (χ1) is 8.99. The molecule has 1 heterocycles. The van der Waals surface area contributed by atoms with Crippen LogP contribution in [0.15, 0.2) is 24.3 Å². The Morgan fingerprint density at radius 2 is 1.55 bits per heavy atom. The third kappa shape index (κ3) is 2.36. The molecule has 1 aliphatic heterocycles. The van der Waals surface area contributed by atoms with Gasteiger partial charge in [0.05, 0.1) is 16.7 Å². The van der Waals surface area contributed by atoms with Crippen molar-refractivity contribution in [1.29, 1.82) is 0 Å². The number of aliphatic hydroxyl groups is 1. The van der Waals surface area contributed by atoms with Crippen molar-refractivity contribution in [2.75, 3.05) is 0 Å². The molecule has 5 heteroatoms. The Morgan fingerprint density at radius 3 is 2.00 bits per heavy atom. The number of rotatable bonds is 1. The van der Waals surface area contributed by atoms with Gasteiger partial charge in [-0.3, -0.25) is 14.5 Å². The monoisotopic (exact) mass is 293 g/mol. The van der Waals surface area contributed by atoms with E-state index >= 15 is 0 Å². The average molecular weight is 293 g/mol. The van der Waals surface area contributed by atoms with E-state index in [1.807, 2.05) is 6.92 Å². The zero-order valence-electron chi connectivity index (χ0n) is 11.4. The molecule has 1 saturated carbocycles. The third-order valence-electron chi connectivity index (χ3n) is 4.22. The summed E-state index contributed by atoms with van der Waals surface area (Å²) in [5, 5.41) is 9.95. The Bertz CT molecular complexity index is 511. The predicted octanol–water partition coefficient (Wildman–Crippen LogP) is 2.09. The molecule has 2 aliphatic rings. The lowest BCUT2D eigenvalue weighted by Crippen LogP contribution is -2.45. The standard InChI is InChI=1S/C15H17NO3.H2S/c1-15(19)8-6-10(7-9-15)16-13(17)11-4-2-3-5-12(11)14(16)18;/h2-5,10,19H,6-9H2,1H3;1H2. The first-order valence-electron chi connectivity index (χ1n) is 6.69. The summed E-state index contributed by atoms with van der Waals surface area (Å²) in [6.07, 6.45) is 2.62. The molecule has 0 unspecified atom stereocenters. The number of nitrogens with zero attached hydrogens (tertiary/aromatic N) is 1. The Hall–Kier alpha value is -1.33. The molecule has 0 atom stereocenters. The Kier molecular flexibility index (Phi) is 3.93. The quantitative estimate of drug-likeness (QED) is 0.807. The summed E-state index contributed by atoms with van der Waals surface area (Å²) in [6.45, 7) is 1.81. The molecule has 0 spiro atoms. The molecule has 1 N–H and O–H groups in total. The normalized spacial score (nSPS) is 29.1. The molecule has 1 aromatic rings. The summed E-state index contributed by atoms with van der Waals surface area (Å²) in [4.78, 5) is 26.0. The van der Waals surface area contributed by atoms with Crippen molar-refractivity contribution in [3.63, 3.8) is 0 Å². The van der Waals surface area contributed by atoms with Gasteiger partial charge < -0.3 is 5.11 Å². The summed E-state index contributed by atoms with van der Waals surface area (Å²) in [5.74, 6) is -0.376. The summed E-state index contributed by atoms with van der Waals surface area (Å²) < 4.78 is 0. The van der Waals surface area contributed by atoms with E-state index in [0.29, 0.717) is 36.8 Å². The second kappa shape index (κ2) is 5.22. The van der Waals surface area contributed by atoms with Gasteiger partial charge in [0.2, 0.25) is 0 Å². The Labute approximate surface area is 125 Å². The highest BCUT2D eigenvalue weighted by Crippen LogP contribution is 2.34. The fraction of sp³-hybridized carbons (Fsp3) is 0.467. The number of carbonyl (C=O) groups excluding carboxylic acids is 2.